The number of benzene rings is 1. The number of hydrogen-bond acceptors (Lipinski definition) is 3. The summed E-state index contributed by atoms with van der Waals surface area (Å²) in [4.78, 5) is 37.9. The zero-order chi connectivity index (χ0) is 16.4. The lowest BCUT2D eigenvalue weighted by atomic mass is 10.1. The highest BCUT2D eigenvalue weighted by molar-refractivity contribution is 6.31. The summed E-state index contributed by atoms with van der Waals surface area (Å²) in [6.07, 6.45) is 2.79. The Labute approximate surface area is 139 Å². The number of nitrogens with zero attached hydrogens (tertiary/aromatic N) is 1. The third kappa shape index (κ3) is 3.47. The highest BCUT2D eigenvalue weighted by Crippen LogP contribution is 2.24. The van der Waals surface area contributed by atoms with E-state index in [1.54, 1.807) is 23.1 Å². The van der Waals surface area contributed by atoms with Crippen molar-refractivity contribution in [3.05, 3.63) is 28.8 Å². The van der Waals surface area contributed by atoms with Crippen LogP contribution in [0.4, 0.5) is 5.69 Å². The normalized spacial score (nSPS) is 20.5. The van der Waals surface area contributed by atoms with Gasteiger partial charge in [0.2, 0.25) is 11.8 Å². The Morgan fingerprint density at radius 3 is 2.65 bits per heavy atom. The summed E-state index contributed by atoms with van der Waals surface area (Å²) in [7, 11) is 0. The van der Waals surface area contributed by atoms with Gasteiger partial charge in [-0.3, -0.25) is 14.4 Å². The van der Waals surface area contributed by atoms with Gasteiger partial charge in [0.1, 0.15) is 6.04 Å². The number of hydrogen-bond donors (Lipinski definition) is 2. The van der Waals surface area contributed by atoms with Crippen molar-refractivity contribution >= 4 is 35.0 Å². The fourth-order valence-corrected chi connectivity index (χ4v) is 3.10. The molecule has 2 heterocycles. The highest BCUT2D eigenvalue weighted by Gasteiger charge is 2.29. The maximum absolute atomic E-state index is 12.6. The van der Waals surface area contributed by atoms with Crippen molar-refractivity contribution < 1.29 is 14.4 Å². The van der Waals surface area contributed by atoms with Crippen molar-refractivity contribution in [2.45, 2.75) is 31.7 Å². The molecule has 1 atom stereocenters. The molecule has 0 bridgehead atoms. The standard InChI is InChI=1S/C16H18ClN3O3/c17-10-3-4-12(19-15(22)13-5-6-14(21)18-13)11(9-10)16(23)20-7-1-2-8-20/h3-4,9,13H,1-2,5-8H2,(H,18,21)(H,19,22)/t13-/m0/s1. The van der Waals surface area contributed by atoms with Crippen molar-refractivity contribution in [2.24, 2.45) is 0 Å². The minimum Gasteiger partial charge on any atom is -0.344 e. The van der Waals surface area contributed by atoms with Gasteiger partial charge >= 0.3 is 0 Å². The van der Waals surface area contributed by atoms with Gasteiger partial charge in [0.05, 0.1) is 11.3 Å². The molecule has 2 N–H and O–H groups in total. The average molecular weight is 336 g/mol. The van der Waals surface area contributed by atoms with E-state index in [2.05, 4.69) is 10.6 Å². The van der Waals surface area contributed by atoms with Crippen LogP contribution in [-0.4, -0.2) is 41.8 Å². The van der Waals surface area contributed by atoms with Crippen LogP contribution in [-0.2, 0) is 9.59 Å². The summed E-state index contributed by atoms with van der Waals surface area (Å²) >= 11 is 6.01. The lowest BCUT2D eigenvalue weighted by Gasteiger charge is -2.19. The first-order valence-corrected chi connectivity index (χ1v) is 8.11. The predicted octanol–water partition coefficient (Wildman–Crippen LogP) is 1.79. The zero-order valence-corrected chi connectivity index (χ0v) is 13.4. The van der Waals surface area contributed by atoms with E-state index in [0.29, 0.717) is 29.1 Å². The van der Waals surface area contributed by atoms with E-state index in [0.717, 1.165) is 25.9 Å². The number of anilines is 1. The van der Waals surface area contributed by atoms with Crippen LogP contribution in [0, 0.1) is 0 Å². The Morgan fingerprint density at radius 1 is 1.26 bits per heavy atom. The van der Waals surface area contributed by atoms with Crippen LogP contribution in [0.2, 0.25) is 5.02 Å². The third-order valence-corrected chi connectivity index (χ3v) is 4.41. The second kappa shape index (κ2) is 6.58. The smallest absolute Gasteiger partial charge is 0.256 e. The fourth-order valence-electron chi connectivity index (χ4n) is 2.92. The molecular formula is C16H18ClN3O3. The molecule has 2 aliphatic heterocycles. The van der Waals surface area contributed by atoms with Gasteiger partial charge in [-0.15, -0.1) is 0 Å². The zero-order valence-electron chi connectivity index (χ0n) is 12.6. The van der Waals surface area contributed by atoms with Crippen LogP contribution in [0.25, 0.3) is 0 Å². The maximum Gasteiger partial charge on any atom is 0.256 e. The molecule has 0 aliphatic carbocycles. The quantitative estimate of drug-likeness (QED) is 0.884. The lowest BCUT2D eigenvalue weighted by molar-refractivity contribution is -0.122. The van der Waals surface area contributed by atoms with Crippen LogP contribution in [0.1, 0.15) is 36.0 Å². The summed E-state index contributed by atoms with van der Waals surface area (Å²) in [5, 5.41) is 5.81. The van der Waals surface area contributed by atoms with E-state index in [1.807, 2.05) is 0 Å². The number of likely N-dealkylation sites (tertiary alicyclic amines) is 1. The van der Waals surface area contributed by atoms with Crippen molar-refractivity contribution in [1.29, 1.82) is 0 Å². The number of carbonyl (C=O) groups is 3. The predicted molar refractivity (Wildman–Crippen MR) is 86.4 cm³/mol. The first-order chi connectivity index (χ1) is 11.0. The van der Waals surface area contributed by atoms with Gasteiger partial charge in [0.25, 0.3) is 5.91 Å². The first kappa shape index (κ1) is 15.8. The average Bonchev–Trinajstić information content (AvgIpc) is 3.19. The molecule has 3 amide bonds. The van der Waals surface area contributed by atoms with E-state index < -0.39 is 6.04 Å². The van der Waals surface area contributed by atoms with Crippen molar-refractivity contribution in [1.82, 2.24) is 10.2 Å². The molecule has 1 aromatic rings. The van der Waals surface area contributed by atoms with Crippen LogP contribution < -0.4 is 10.6 Å². The van der Waals surface area contributed by atoms with Gasteiger partial charge in [0.15, 0.2) is 0 Å². The minimum absolute atomic E-state index is 0.129. The number of rotatable bonds is 3. The topological polar surface area (TPSA) is 78.5 Å². The second-order valence-corrected chi connectivity index (χ2v) is 6.27. The molecule has 0 unspecified atom stereocenters. The fraction of sp³-hybridized carbons (Fsp3) is 0.438. The minimum atomic E-state index is -0.548. The third-order valence-electron chi connectivity index (χ3n) is 4.17. The van der Waals surface area contributed by atoms with E-state index in [1.165, 1.54) is 0 Å². The van der Waals surface area contributed by atoms with E-state index in [4.69, 9.17) is 11.6 Å². The maximum atomic E-state index is 12.6. The lowest BCUT2D eigenvalue weighted by Crippen LogP contribution is -2.38. The van der Waals surface area contributed by atoms with Gasteiger partial charge in [-0.2, -0.15) is 0 Å². The molecule has 2 saturated heterocycles. The summed E-state index contributed by atoms with van der Waals surface area (Å²) in [6, 6.07) is 4.28. The summed E-state index contributed by atoms with van der Waals surface area (Å²) in [5.74, 6) is -0.570. The molecule has 3 rings (SSSR count). The summed E-state index contributed by atoms with van der Waals surface area (Å²) in [5.41, 5.74) is 0.814. The molecular weight excluding hydrogens is 318 g/mol. The Bertz CT molecular complexity index is 656. The summed E-state index contributed by atoms with van der Waals surface area (Å²) in [6.45, 7) is 1.44. The van der Waals surface area contributed by atoms with E-state index >= 15 is 0 Å². The van der Waals surface area contributed by atoms with Crippen LogP contribution in [0.3, 0.4) is 0 Å². The van der Waals surface area contributed by atoms with Crippen LogP contribution in [0.15, 0.2) is 18.2 Å². The molecule has 7 heteroatoms. The SMILES string of the molecule is O=C1CC[C@@H](C(=O)Nc2ccc(Cl)cc2C(=O)N2CCCC2)N1. The Kier molecular flexibility index (Phi) is 4.52. The molecule has 1 aromatic carbocycles. The Hall–Kier alpha value is -2.08. The number of carbonyl (C=O) groups excluding carboxylic acids is 3. The molecule has 0 radical (unpaired) electrons. The molecule has 23 heavy (non-hydrogen) atoms. The molecule has 0 aromatic heterocycles. The number of amides is 3. The Balaban J connectivity index is 1.79. The van der Waals surface area contributed by atoms with Gasteiger partial charge in [-0.1, -0.05) is 11.6 Å². The van der Waals surface area contributed by atoms with Gasteiger partial charge in [-0.05, 0) is 37.5 Å². The van der Waals surface area contributed by atoms with E-state index in [-0.39, 0.29) is 17.7 Å². The monoisotopic (exact) mass is 335 g/mol. The number of nitrogens with one attached hydrogen (secondary N) is 2. The largest absolute Gasteiger partial charge is 0.344 e. The van der Waals surface area contributed by atoms with E-state index in [9.17, 15) is 14.4 Å². The van der Waals surface area contributed by atoms with Crippen molar-refractivity contribution in [2.75, 3.05) is 18.4 Å². The highest BCUT2D eigenvalue weighted by atomic mass is 35.5. The molecule has 6 nitrogen and oxygen atoms in total. The molecule has 2 aliphatic rings. The summed E-state index contributed by atoms with van der Waals surface area (Å²) < 4.78 is 0. The molecule has 2 fully saturated rings. The van der Waals surface area contributed by atoms with Crippen LogP contribution in [0.5, 0.6) is 0 Å². The first-order valence-electron chi connectivity index (χ1n) is 7.73. The van der Waals surface area contributed by atoms with Gasteiger partial charge in [0, 0.05) is 24.5 Å². The number of halogens is 1. The molecule has 122 valence electrons. The molecule has 0 saturated carbocycles. The molecule has 0 spiro atoms. The van der Waals surface area contributed by atoms with Crippen LogP contribution >= 0.6 is 11.6 Å². The second-order valence-electron chi connectivity index (χ2n) is 5.84. The van der Waals surface area contributed by atoms with Crippen molar-refractivity contribution in [3.8, 4) is 0 Å². The van der Waals surface area contributed by atoms with Gasteiger partial charge < -0.3 is 15.5 Å². The Morgan fingerprint density at radius 2 is 2.00 bits per heavy atom. The van der Waals surface area contributed by atoms with Gasteiger partial charge in [-0.25, -0.2) is 0 Å². The van der Waals surface area contributed by atoms with Crippen molar-refractivity contribution in [3.63, 3.8) is 0 Å².